The van der Waals surface area contributed by atoms with Crippen LogP contribution in [0.15, 0.2) is 48.9 Å². The average Bonchev–Trinajstić information content (AvgIpc) is 2.89. The van der Waals surface area contributed by atoms with Gasteiger partial charge in [-0.25, -0.2) is 0 Å². The zero-order valence-corrected chi connectivity index (χ0v) is 9.95. The molecule has 2 aliphatic rings. The third-order valence-electron chi connectivity index (χ3n) is 3.56. The Bertz CT molecular complexity index is 662. The minimum Gasteiger partial charge on any atom is -0.462 e. The second-order valence-corrected chi connectivity index (χ2v) is 4.83. The summed E-state index contributed by atoms with van der Waals surface area (Å²) in [6, 6.07) is 8.33. The largest absolute Gasteiger partial charge is 0.462 e. The first-order valence-electron chi connectivity index (χ1n) is 6.01. The van der Waals surface area contributed by atoms with Crippen molar-refractivity contribution >= 4 is 10.8 Å². The maximum absolute atomic E-state index is 5.75. The normalized spacial score (nSPS) is 16.4. The predicted molar refractivity (Wildman–Crippen MR) is 70.9 cm³/mol. The number of rotatable bonds is 0. The zero-order valence-electron chi connectivity index (χ0n) is 9.95. The minimum atomic E-state index is 0.784. The molecule has 88 valence electrons. The van der Waals surface area contributed by atoms with Crippen molar-refractivity contribution in [2.24, 2.45) is 0 Å². The van der Waals surface area contributed by atoms with Crippen molar-refractivity contribution in [3.8, 4) is 11.5 Å². The molecule has 0 atom stereocenters. The van der Waals surface area contributed by atoms with Crippen molar-refractivity contribution < 1.29 is 9.47 Å². The zero-order chi connectivity index (χ0) is 12.3. The summed E-state index contributed by atoms with van der Waals surface area (Å²) in [6.45, 7) is 7.79. The van der Waals surface area contributed by atoms with Gasteiger partial charge in [0, 0.05) is 29.4 Å². The number of hydrogen-bond acceptors (Lipinski definition) is 2. The first-order chi connectivity index (χ1) is 8.72. The van der Waals surface area contributed by atoms with Gasteiger partial charge in [0.2, 0.25) is 0 Å². The SMILES string of the molecule is C=C1Cc2c(ccc3c4c(ccc23)CC(=C)O4)O1. The van der Waals surface area contributed by atoms with E-state index in [4.69, 9.17) is 9.47 Å². The summed E-state index contributed by atoms with van der Waals surface area (Å²) < 4.78 is 11.4. The Labute approximate surface area is 105 Å². The fourth-order valence-electron chi connectivity index (χ4n) is 2.78. The van der Waals surface area contributed by atoms with E-state index in [0.717, 1.165) is 41.2 Å². The van der Waals surface area contributed by atoms with E-state index in [1.54, 1.807) is 0 Å². The van der Waals surface area contributed by atoms with E-state index in [-0.39, 0.29) is 0 Å². The van der Waals surface area contributed by atoms with Gasteiger partial charge < -0.3 is 9.47 Å². The van der Waals surface area contributed by atoms with Gasteiger partial charge in [0.25, 0.3) is 0 Å². The summed E-state index contributed by atoms with van der Waals surface area (Å²) in [7, 11) is 0. The van der Waals surface area contributed by atoms with E-state index in [2.05, 4.69) is 31.4 Å². The lowest BCUT2D eigenvalue weighted by atomic mass is 9.99. The Hall–Kier alpha value is -2.22. The lowest BCUT2D eigenvalue weighted by Crippen LogP contribution is -1.86. The highest BCUT2D eigenvalue weighted by Crippen LogP contribution is 2.43. The van der Waals surface area contributed by atoms with Crippen LogP contribution in [-0.4, -0.2) is 0 Å². The van der Waals surface area contributed by atoms with Gasteiger partial charge in [-0.1, -0.05) is 25.3 Å². The van der Waals surface area contributed by atoms with Crippen molar-refractivity contribution in [3.05, 3.63) is 60.1 Å². The van der Waals surface area contributed by atoms with Gasteiger partial charge in [0.1, 0.15) is 23.0 Å². The van der Waals surface area contributed by atoms with Gasteiger partial charge in [-0.05, 0) is 17.5 Å². The molecule has 0 aromatic heterocycles. The van der Waals surface area contributed by atoms with E-state index in [1.807, 2.05) is 6.07 Å². The van der Waals surface area contributed by atoms with Crippen LogP contribution in [0, 0.1) is 0 Å². The third-order valence-corrected chi connectivity index (χ3v) is 3.56. The molecule has 0 saturated heterocycles. The molecule has 2 aliphatic heterocycles. The minimum absolute atomic E-state index is 0.784. The smallest absolute Gasteiger partial charge is 0.138 e. The second-order valence-electron chi connectivity index (χ2n) is 4.83. The van der Waals surface area contributed by atoms with Crippen molar-refractivity contribution in [1.29, 1.82) is 0 Å². The molecule has 0 aliphatic carbocycles. The monoisotopic (exact) mass is 236 g/mol. The van der Waals surface area contributed by atoms with Crippen LogP contribution in [0.2, 0.25) is 0 Å². The highest BCUT2D eigenvalue weighted by atomic mass is 16.5. The molecule has 2 aromatic rings. The molecule has 0 N–H and O–H groups in total. The Kier molecular flexibility index (Phi) is 1.72. The number of ether oxygens (including phenoxy) is 2. The molecule has 2 aromatic carbocycles. The molecule has 2 heteroatoms. The van der Waals surface area contributed by atoms with Crippen LogP contribution >= 0.6 is 0 Å². The highest BCUT2D eigenvalue weighted by Gasteiger charge is 2.23. The second kappa shape index (κ2) is 3.16. The van der Waals surface area contributed by atoms with Gasteiger partial charge in [-0.3, -0.25) is 0 Å². The molecule has 0 radical (unpaired) electrons. The van der Waals surface area contributed by atoms with Crippen molar-refractivity contribution in [2.45, 2.75) is 12.8 Å². The van der Waals surface area contributed by atoms with Crippen LogP contribution in [-0.2, 0) is 12.8 Å². The van der Waals surface area contributed by atoms with Gasteiger partial charge in [0.15, 0.2) is 0 Å². The van der Waals surface area contributed by atoms with Crippen LogP contribution < -0.4 is 9.47 Å². The van der Waals surface area contributed by atoms with Gasteiger partial charge in [-0.2, -0.15) is 0 Å². The van der Waals surface area contributed by atoms with Gasteiger partial charge >= 0.3 is 0 Å². The number of benzene rings is 2. The molecule has 0 fully saturated rings. The topological polar surface area (TPSA) is 18.5 Å². The lowest BCUT2D eigenvalue weighted by Gasteiger charge is -2.07. The molecular weight excluding hydrogens is 224 g/mol. The van der Waals surface area contributed by atoms with Crippen LogP contribution in [0.3, 0.4) is 0 Å². The van der Waals surface area contributed by atoms with E-state index in [0.29, 0.717) is 0 Å². The van der Waals surface area contributed by atoms with Gasteiger partial charge in [-0.15, -0.1) is 0 Å². The van der Waals surface area contributed by atoms with Crippen molar-refractivity contribution in [3.63, 3.8) is 0 Å². The lowest BCUT2D eigenvalue weighted by molar-refractivity contribution is 0.449. The summed E-state index contributed by atoms with van der Waals surface area (Å²) in [5.74, 6) is 3.50. The van der Waals surface area contributed by atoms with E-state index in [9.17, 15) is 0 Å². The number of hydrogen-bond donors (Lipinski definition) is 0. The summed E-state index contributed by atoms with van der Waals surface area (Å²) in [5.41, 5.74) is 2.42. The molecule has 2 nitrogen and oxygen atoms in total. The fraction of sp³-hybridized carbons (Fsp3) is 0.125. The van der Waals surface area contributed by atoms with Crippen LogP contribution in [0.1, 0.15) is 11.1 Å². The van der Waals surface area contributed by atoms with E-state index in [1.165, 1.54) is 16.5 Å². The molecule has 18 heavy (non-hydrogen) atoms. The van der Waals surface area contributed by atoms with Crippen LogP contribution in [0.25, 0.3) is 10.8 Å². The number of fused-ring (bicyclic) bond motifs is 5. The molecular formula is C16H12O2. The quantitative estimate of drug-likeness (QED) is 0.693. The van der Waals surface area contributed by atoms with Crippen molar-refractivity contribution in [2.75, 3.05) is 0 Å². The first-order valence-corrected chi connectivity index (χ1v) is 6.01. The fourth-order valence-corrected chi connectivity index (χ4v) is 2.78. The molecule has 4 rings (SSSR count). The highest BCUT2D eigenvalue weighted by molar-refractivity contribution is 5.95. The first kappa shape index (κ1) is 9.77. The van der Waals surface area contributed by atoms with Crippen LogP contribution in [0.5, 0.6) is 11.5 Å². The Morgan fingerprint density at radius 1 is 0.833 bits per heavy atom. The molecule has 0 saturated carbocycles. The average molecular weight is 236 g/mol. The maximum atomic E-state index is 5.75. The summed E-state index contributed by atoms with van der Waals surface area (Å²) in [6.07, 6.45) is 1.60. The van der Waals surface area contributed by atoms with E-state index >= 15 is 0 Å². The molecule has 0 spiro atoms. The standard InChI is InChI=1S/C16H12O2/c1-9-7-11-3-4-12-13(16(11)18-9)5-6-15-14(12)8-10(2)17-15/h3-6H,1-2,7-8H2. The van der Waals surface area contributed by atoms with Crippen LogP contribution in [0.4, 0.5) is 0 Å². The molecule has 0 bridgehead atoms. The van der Waals surface area contributed by atoms with E-state index < -0.39 is 0 Å². The molecule has 2 heterocycles. The Morgan fingerprint density at radius 2 is 1.61 bits per heavy atom. The number of allylic oxidation sites excluding steroid dienone is 2. The Morgan fingerprint density at radius 3 is 2.50 bits per heavy atom. The maximum Gasteiger partial charge on any atom is 0.138 e. The van der Waals surface area contributed by atoms with Crippen molar-refractivity contribution in [1.82, 2.24) is 0 Å². The predicted octanol–water partition coefficient (Wildman–Crippen LogP) is 3.74. The summed E-state index contributed by atoms with van der Waals surface area (Å²) in [4.78, 5) is 0. The van der Waals surface area contributed by atoms with Gasteiger partial charge in [0.05, 0.1) is 0 Å². The Balaban J connectivity index is 2.05. The third kappa shape index (κ3) is 1.17. The summed E-state index contributed by atoms with van der Waals surface area (Å²) in [5, 5.41) is 2.34. The molecule has 0 amide bonds. The summed E-state index contributed by atoms with van der Waals surface area (Å²) >= 11 is 0. The molecule has 0 unspecified atom stereocenters.